The molecule has 2 fully saturated rings. The summed E-state index contributed by atoms with van der Waals surface area (Å²) >= 11 is 0. The molecule has 1 aromatic rings. The molecule has 1 aromatic carbocycles. The van der Waals surface area contributed by atoms with E-state index in [1.807, 2.05) is 4.90 Å². The minimum absolute atomic E-state index is 0.0750. The zero-order valence-electron chi connectivity index (χ0n) is 12.9. The van der Waals surface area contributed by atoms with Gasteiger partial charge in [-0.15, -0.1) is 0 Å². The van der Waals surface area contributed by atoms with Crippen LogP contribution in [0.3, 0.4) is 0 Å². The van der Waals surface area contributed by atoms with Crippen LogP contribution in [0, 0.1) is 5.82 Å². The molecule has 22 heavy (non-hydrogen) atoms. The van der Waals surface area contributed by atoms with E-state index in [-0.39, 0.29) is 11.7 Å². The van der Waals surface area contributed by atoms with Crippen molar-refractivity contribution in [3.63, 3.8) is 0 Å². The van der Waals surface area contributed by atoms with E-state index in [9.17, 15) is 9.18 Å². The molecule has 3 nitrogen and oxygen atoms in total. The minimum atomic E-state index is -0.256. The highest BCUT2D eigenvalue weighted by Gasteiger charge is 2.29. The maximum absolute atomic E-state index is 12.9. The molecule has 0 spiro atoms. The zero-order valence-corrected chi connectivity index (χ0v) is 12.9. The van der Waals surface area contributed by atoms with E-state index in [0.29, 0.717) is 6.04 Å². The van der Waals surface area contributed by atoms with Crippen molar-refractivity contribution >= 4 is 12.0 Å². The summed E-state index contributed by atoms with van der Waals surface area (Å²) in [5.41, 5.74) is 0.852. The molecule has 1 atom stereocenters. The Hall–Kier alpha value is -1.68. The lowest BCUT2D eigenvalue weighted by atomic mass is 10.2. The molecule has 0 N–H and O–H groups in total. The van der Waals surface area contributed by atoms with Crippen molar-refractivity contribution in [3.05, 3.63) is 41.7 Å². The summed E-state index contributed by atoms with van der Waals surface area (Å²) in [6.07, 6.45) is 8.15. The normalized spacial score (nSPS) is 22.8. The summed E-state index contributed by atoms with van der Waals surface area (Å²) in [7, 11) is 0. The van der Waals surface area contributed by atoms with Crippen LogP contribution in [0.5, 0.6) is 0 Å². The second-order valence-electron chi connectivity index (χ2n) is 6.22. The van der Waals surface area contributed by atoms with Gasteiger partial charge in [-0.25, -0.2) is 4.39 Å². The third-order valence-electron chi connectivity index (χ3n) is 4.62. The van der Waals surface area contributed by atoms with E-state index in [1.165, 1.54) is 38.1 Å². The number of likely N-dealkylation sites (tertiary alicyclic amines) is 2. The second kappa shape index (κ2) is 7.05. The van der Waals surface area contributed by atoms with Gasteiger partial charge in [0.2, 0.25) is 5.91 Å². The van der Waals surface area contributed by atoms with Gasteiger partial charge in [0, 0.05) is 25.2 Å². The summed E-state index contributed by atoms with van der Waals surface area (Å²) in [5, 5.41) is 0. The zero-order chi connectivity index (χ0) is 15.4. The first-order chi connectivity index (χ1) is 10.7. The van der Waals surface area contributed by atoms with Crippen LogP contribution in [0.2, 0.25) is 0 Å². The fourth-order valence-corrected chi connectivity index (χ4v) is 3.42. The SMILES string of the molecule is O=C(/C=C/c1ccc(F)cc1)N1CCC[C@H]1CN1CCCC1. The van der Waals surface area contributed by atoms with Crippen molar-refractivity contribution in [1.29, 1.82) is 0 Å². The molecule has 0 radical (unpaired) electrons. The summed E-state index contributed by atoms with van der Waals surface area (Å²) in [5.74, 6) is -0.181. The highest BCUT2D eigenvalue weighted by atomic mass is 19.1. The molecule has 2 heterocycles. The number of carbonyl (C=O) groups excluding carboxylic acids is 1. The molecule has 0 unspecified atom stereocenters. The Morgan fingerprint density at radius 2 is 1.86 bits per heavy atom. The van der Waals surface area contributed by atoms with Crippen molar-refractivity contribution in [1.82, 2.24) is 9.80 Å². The lowest BCUT2D eigenvalue weighted by Gasteiger charge is -2.27. The number of hydrogen-bond acceptors (Lipinski definition) is 2. The number of nitrogens with zero attached hydrogens (tertiary/aromatic N) is 2. The molecule has 3 rings (SSSR count). The highest BCUT2D eigenvalue weighted by molar-refractivity contribution is 5.92. The van der Waals surface area contributed by atoms with Gasteiger partial charge in [-0.2, -0.15) is 0 Å². The predicted molar refractivity (Wildman–Crippen MR) is 85.8 cm³/mol. The van der Waals surface area contributed by atoms with Crippen LogP contribution in [0.1, 0.15) is 31.2 Å². The molecule has 2 saturated heterocycles. The van der Waals surface area contributed by atoms with Gasteiger partial charge in [-0.3, -0.25) is 4.79 Å². The third-order valence-corrected chi connectivity index (χ3v) is 4.62. The smallest absolute Gasteiger partial charge is 0.246 e. The number of carbonyl (C=O) groups is 1. The van der Waals surface area contributed by atoms with Gasteiger partial charge in [0.05, 0.1) is 0 Å². The van der Waals surface area contributed by atoms with Crippen LogP contribution < -0.4 is 0 Å². The number of amides is 1. The predicted octanol–water partition coefficient (Wildman–Crippen LogP) is 2.93. The monoisotopic (exact) mass is 302 g/mol. The summed E-state index contributed by atoms with van der Waals surface area (Å²) < 4.78 is 12.9. The maximum atomic E-state index is 12.9. The number of benzene rings is 1. The molecule has 0 saturated carbocycles. The lowest BCUT2D eigenvalue weighted by molar-refractivity contribution is -0.127. The quantitative estimate of drug-likeness (QED) is 0.798. The van der Waals surface area contributed by atoms with Crippen LogP contribution >= 0.6 is 0 Å². The van der Waals surface area contributed by atoms with Crippen molar-refractivity contribution in [2.75, 3.05) is 26.2 Å². The van der Waals surface area contributed by atoms with E-state index >= 15 is 0 Å². The first-order valence-corrected chi connectivity index (χ1v) is 8.19. The molecule has 118 valence electrons. The molecular weight excluding hydrogens is 279 g/mol. The van der Waals surface area contributed by atoms with Crippen molar-refractivity contribution in [2.24, 2.45) is 0 Å². The van der Waals surface area contributed by atoms with Crippen LogP contribution in [0.4, 0.5) is 4.39 Å². The largest absolute Gasteiger partial charge is 0.335 e. The number of rotatable bonds is 4. The lowest BCUT2D eigenvalue weighted by Crippen LogP contribution is -2.41. The topological polar surface area (TPSA) is 23.6 Å². The molecule has 4 heteroatoms. The van der Waals surface area contributed by atoms with Gasteiger partial charge >= 0.3 is 0 Å². The average Bonchev–Trinajstić information content (AvgIpc) is 3.19. The van der Waals surface area contributed by atoms with Crippen LogP contribution in [0.25, 0.3) is 6.08 Å². The Labute approximate surface area is 131 Å². The van der Waals surface area contributed by atoms with Crippen molar-refractivity contribution in [2.45, 2.75) is 31.7 Å². The van der Waals surface area contributed by atoms with Crippen molar-refractivity contribution in [3.8, 4) is 0 Å². The van der Waals surface area contributed by atoms with Gasteiger partial charge in [-0.1, -0.05) is 12.1 Å². The maximum Gasteiger partial charge on any atom is 0.246 e. The summed E-state index contributed by atoms with van der Waals surface area (Å²) in [6, 6.07) is 6.55. The van der Waals surface area contributed by atoms with Crippen LogP contribution in [-0.2, 0) is 4.79 Å². The Kier molecular flexibility index (Phi) is 4.88. The van der Waals surface area contributed by atoms with Gasteiger partial charge in [0.25, 0.3) is 0 Å². The minimum Gasteiger partial charge on any atom is -0.335 e. The summed E-state index contributed by atoms with van der Waals surface area (Å²) in [4.78, 5) is 16.9. The Bertz CT molecular complexity index is 535. The Morgan fingerprint density at radius 3 is 2.59 bits per heavy atom. The molecule has 1 amide bonds. The first kappa shape index (κ1) is 15.2. The standard InChI is InChI=1S/C18H23FN2O/c19-16-8-5-15(6-9-16)7-10-18(22)21-13-3-4-17(21)14-20-11-1-2-12-20/h5-10,17H,1-4,11-14H2/b10-7+/t17-/m0/s1. The van der Waals surface area contributed by atoms with E-state index < -0.39 is 0 Å². The van der Waals surface area contributed by atoms with Gasteiger partial charge < -0.3 is 9.80 Å². The summed E-state index contributed by atoms with van der Waals surface area (Å²) in [6.45, 7) is 4.20. The first-order valence-electron chi connectivity index (χ1n) is 8.19. The van der Waals surface area contributed by atoms with E-state index in [1.54, 1.807) is 24.3 Å². The average molecular weight is 302 g/mol. The fraction of sp³-hybridized carbons (Fsp3) is 0.500. The molecule has 0 bridgehead atoms. The molecule has 0 aliphatic carbocycles. The molecule has 2 aliphatic rings. The van der Waals surface area contributed by atoms with E-state index in [4.69, 9.17) is 0 Å². The second-order valence-corrected chi connectivity index (χ2v) is 6.22. The van der Waals surface area contributed by atoms with Gasteiger partial charge in [0.1, 0.15) is 5.82 Å². The highest BCUT2D eigenvalue weighted by Crippen LogP contribution is 2.21. The van der Waals surface area contributed by atoms with Crippen LogP contribution in [-0.4, -0.2) is 47.9 Å². The van der Waals surface area contributed by atoms with Crippen LogP contribution in [0.15, 0.2) is 30.3 Å². The molecule has 2 aliphatic heterocycles. The van der Waals surface area contributed by atoms with E-state index in [2.05, 4.69) is 4.90 Å². The Morgan fingerprint density at radius 1 is 1.14 bits per heavy atom. The fourth-order valence-electron chi connectivity index (χ4n) is 3.42. The molecule has 0 aromatic heterocycles. The number of hydrogen-bond donors (Lipinski definition) is 0. The Balaban J connectivity index is 1.59. The molecular formula is C18H23FN2O. The third kappa shape index (κ3) is 3.74. The van der Waals surface area contributed by atoms with E-state index in [0.717, 1.165) is 31.5 Å². The van der Waals surface area contributed by atoms with Gasteiger partial charge in [0.15, 0.2) is 0 Å². The van der Waals surface area contributed by atoms with Gasteiger partial charge in [-0.05, 0) is 62.5 Å². The van der Waals surface area contributed by atoms with Crippen molar-refractivity contribution < 1.29 is 9.18 Å². The number of halogens is 1.